The summed E-state index contributed by atoms with van der Waals surface area (Å²) in [6.07, 6.45) is 0. The van der Waals surface area contributed by atoms with Gasteiger partial charge in [0.2, 0.25) is 5.91 Å². The van der Waals surface area contributed by atoms with Gasteiger partial charge in [0.25, 0.3) is 0 Å². The van der Waals surface area contributed by atoms with E-state index in [1.165, 1.54) is 10.4 Å². The van der Waals surface area contributed by atoms with E-state index in [0.29, 0.717) is 0 Å². The van der Waals surface area contributed by atoms with Gasteiger partial charge in [0.05, 0.1) is 5.00 Å². The van der Waals surface area contributed by atoms with Gasteiger partial charge >= 0.3 is 0 Å². The predicted octanol–water partition coefficient (Wildman–Crippen LogP) is 2.93. The fourth-order valence-corrected chi connectivity index (χ4v) is 1.85. The molecule has 0 radical (unpaired) electrons. The van der Waals surface area contributed by atoms with Crippen molar-refractivity contribution in [2.24, 2.45) is 0 Å². The standard InChI is InChI=1S/C9H12ClNOS/c1-5-4-8(13-7(5)3)11-9(12)6(2)10/h4,6H,1-3H3,(H,11,12). The molecule has 1 aromatic rings. The van der Waals surface area contributed by atoms with Crippen LogP contribution in [0.3, 0.4) is 0 Å². The van der Waals surface area contributed by atoms with Gasteiger partial charge in [-0.2, -0.15) is 0 Å². The number of hydrogen-bond acceptors (Lipinski definition) is 2. The SMILES string of the molecule is Cc1cc(NC(=O)C(C)Cl)sc1C. The van der Waals surface area contributed by atoms with Gasteiger partial charge in [-0.15, -0.1) is 22.9 Å². The highest BCUT2D eigenvalue weighted by atomic mass is 35.5. The van der Waals surface area contributed by atoms with Crippen LogP contribution in [0.1, 0.15) is 17.4 Å². The molecule has 0 aliphatic rings. The lowest BCUT2D eigenvalue weighted by molar-refractivity contribution is -0.115. The van der Waals surface area contributed by atoms with Crippen LogP contribution < -0.4 is 5.32 Å². The summed E-state index contributed by atoms with van der Waals surface area (Å²) in [5.41, 5.74) is 1.20. The lowest BCUT2D eigenvalue weighted by Gasteiger charge is -2.02. The normalized spacial score (nSPS) is 12.6. The minimum Gasteiger partial charge on any atom is -0.316 e. The Labute approximate surface area is 86.9 Å². The van der Waals surface area contributed by atoms with Crippen molar-refractivity contribution in [3.63, 3.8) is 0 Å². The third kappa shape index (κ3) is 2.71. The summed E-state index contributed by atoms with van der Waals surface area (Å²) in [6, 6.07) is 1.96. The number of thiophene rings is 1. The minimum absolute atomic E-state index is 0.150. The largest absolute Gasteiger partial charge is 0.316 e. The number of halogens is 1. The monoisotopic (exact) mass is 217 g/mol. The third-order valence-corrected chi connectivity index (χ3v) is 3.04. The number of aryl methyl sites for hydroxylation is 2. The summed E-state index contributed by atoms with van der Waals surface area (Å²) in [5.74, 6) is -0.150. The molecule has 0 fully saturated rings. The highest BCUT2D eigenvalue weighted by molar-refractivity contribution is 7.16. The molecular weight excluding hydrogens is 206 g/mol. The van der Waals surface area contributed by atoms with E-state index < -0.39 is 5.38 Å². The second-order valence-electron chi connectivity index (χ2n) is 2.96. The molecule has 0 aliphatic heterocycles. The first-order chi connectivity index (χ1) is 6.00. The van der Waals surface area contributed by atoms with E-state index in [4.69, 9.17) is 11.6 Å². The van der Waals surface area contributed by atoms with E-state index in [-0.39, 0.29) is 5.91 Å². The number of carbonyl (C=O) groups is 1. The third-order valence-electron chi connectivity index (χ3n) is 1.77. The molecule has 2 nitrogen and oxygen atoms in total. The Morgan fingerprint density at radius 3 is 2.62 bits per heavy atom. The molecular formula is C9H12ClNOS. The summed E-state index contributed by atoms with van der Waals surface area (Å²) in [7, 11) is 0. The van der Waals surface area contributed by atoms with Gasteiger partial charge < -0.3 is 5.32 Å². The molecule has 0 saturated carbocycles. The zero-order valence-corrected chi connectivity index (χ0v) is 9.42. The molecule has 0 spiro atoms. The summed E-state index contributed by atoms with van der Waals surface area (Å²) >= 11 is 7.19. The second-order valence-corrected chi connectivity index (χ2v) is 4.87. The van der Waals surface area contributed by atoms with Crippen molar-refractivity contribution in [3.8, 4) is 0 Å². The Morgan fingerprint density at radius 2 is 2.23 bits per heavy atom. The average Bonchev–Trinajstić information content (AvgIpc) is 2.31. The van der Waals surface area contributed by atoms with Crippen molar-refractivity contribution in [2.75, 3.05) is 5.32 Å². The lowest BCUT2D eigenvalue weighted by Crippen LogP contribution is -2.19. The zero-order valence-electron chi connectivity index (χ0n) is 7.85. The molecule has 0 aromatic carbocycles. The molecule has 0 bridgehead atoms. The molecule has 1 N–H and O–H groups in total. The Morgan fingerprint density at radius 1 is 1.62 bits per heavy atom. The summed E-state index contributed by atoms with van der Waals surface area (Å²) in [4.78, 5) is 12.4. The van der Waals surface area contributed by atoms with Gasteiger partial charge in [-0.1, -0.05) is 0 Å². The Kier molecular flexibility index (Phi) is 3.33. The molecule has 0 aliphatic carbocycles. The fourth-order valence-electron chi connectivity index (χ4n) is 0.856. The highest BCUT2D eigenvalue weighted by Gasteiger charge is 2.10. The molecule has 4 heteroatoms. The van der Waals surface area contributed by atoms with Crippen molar-refractivity contribution >= 4 is 33.8 Å². The van der Waals surface area contributed by atoms with E-state index in [1.54, 1.807) is 18.3 Å². The average molecular weight is 218 g/mol. The highest BCUT2D eigenvalue weighted by Crippen LogP contribution is 2.25. The van der Waals surface area contributed by atoms with Crippen LogP contribution in [0, 0.1) is 13.8 Å². The van der Waals surface area contributed by atoms with E-state index in [0.717, 1.165) is 5.00 Å². The summed E-state index contributed by atoms with van der Waals surface area (Å²) in [6.45, 7) is 5.70. The van der Waals surface area contributed by atoms with Crippen LogP contribution in [0.25, 0.3) is 0 Å². The van der Waals surface area contributed by atoms with Gasteiger partial charge in [-0.05, 0) is 32.4 Å². The summed E-state index contributed by atoms with van der Waals surface area (Å²) in [5, 5.41) is 3.14. The maximum Gasteiger partial charge on any atom is 0.242 e. The molecule has 1 unspecified atom stereocenters. The van der Waals surface area contributed by atoms with Crippen molar-refractivity contribution < 1.29 is 4.79 Å². The Bertz CT molecular complexity index is 300. The molecule has 1 heterocycles. The zero-order chi connectivity index (χ0) is 10.0. The first kappa shape index (κ1) is 10.5. The van der Waals surface area contributed by atoms with Crippen molar-refractivity contribution in [1.29, 1.82) is 0 Å². The van der Waals surface area contributed by atoms with E-state index in [1.807, 2.05) is 19.9 Å². The maximum absolute atomic E-state index is 11.2. The van der Waals surface area contributed by atoms with Gasteiger partial charge in [-0.25, -0.2) is 0 Å². The van der Waals surface area contributed by atoms with Crippen molar-refractivity contribution in [3.05, 3.63) is 16.5 Å². The molecule has 1 aromatic heterocycles. The van der Waals surface area contributed by atoms with Crippen molar-refractivity contribution in [1.82, 2.24) is 0 Å². The van der Waals surface area contributed by atoms with Crippen molar-refractivity contribution in [2.45, 2.75) is 26.1 Å². The number of alkyl halides is 1. The van der Waals surface area contributed by atoms with Crippen LogP contribution in [0.15, 0.2) is 6.07 Å². The minimum atomic E-state index is -0.484. The van der Waals surface area contributed by atoms with E-state index in [9.17, 15) is 4.79 Å². The topological polar surface area (TPSA) is 29.1 Å². The maximum atomic E-state index is 11.2. The summed E-state index contributed by atoms with van der Waals surface area (Å²) < 4.78 is 0. The second kappa shape index (κ2) is 4.11. The van der Waals surface area contributed by atoms with Crippen LogP contribution in [-0.2, 0) is 4.79 Å². The van der Waals surface area contributed by atoms with E-state index in [2.05, 4.69) is 5.32 Å². The molecule has 13 heavy (non-hydrogen) atoms. The van der Waals surface area contributed by atoms with E-state index >= 15 is 0 Å². The number of hydrogen-bond donors (Lipinski definition) is 1. The van der Waals surface area contributed by atoms with Crippen LogP contribution >= 0.6 is 22.9 Å². The number of nitrogens with one attached hydrogen (secondary N) is 1. The van der Waals surface area contributed by atoms with Gasteiger partial charge in [0.1, 0.15) is 5.38 Å². The Hall–Kier alpha value is -0.540. The number of rotatable bonds is 2. The number of carbonyl (C=O) groups excluding carboxylic acids is 1. The molecule has 0 saturated heterocycles. The van der Waals surface area contributed by atoms with Crippen LogP contribution in [0.2, 0.25) is 0 Å². The Balaban J connectivity index is 2.70. The van der Waals surface area contributed by atoms with Crippen LogP contribution in [0.4, 0.5) is 5.00 Å². The molecule has 1 amide bonds. The fraction of sp³-hybridized carbons (Fsp3) is 0.444. The molecule has 1 atom stereocenters. The first-order valence-corrected chi connectivity index (χ1v) is 5.28. The lowest BCUT2D eigenvalue weighted by atomic mass is 10.3. The molecule has 72 valence electrons. The van der Waals surface area contributed by atoms with Gasteiger partial charge in [0, 0.05) is 4.88 Å². The first-order valence-electron chi connectivity index (χ1n) is 4.02. The predicted molar refractivity (Wildman–Crippen MR) is 57.7 cm³/mol. The van der Waals surface area contributed by atoms with Gasteiger partial charge in [-0.3, -0.25) is 4.79 Å². The van der Waals surface area contributed by atoms with Crippen LogP contribution in [0.5, 0.6) is 0 Å². The number of amides is 1. The number of anilines is 1. The quantitative estimate of drug-likeness (QED) is 0.759. The van der Waals surface area contributed by atoms with Crippen LogP contribution in [-0.4, -0.2) is 11.3 Å². The molecule has 1 rings (SSSR count). The van der Waals surface area contributed by atoms with Gasteiger partial charge in [0.15, 0.2) is 0 Å². The smallest absolute Gasteiger partial charge is 0.242 e.